The Morgan fingerprint density at radius 2 is 2.06 bits per heavy atom. The Hall–Kier alpha value is -0.880. The van der Waals surface area contributed by atoms with Crippen molar-refractivity contribution in [2.75, 3.05) is 6.54 Å². The minimum Gasteiger partial charge on any atom is -0.351 e. The summed E-state index contributed by atoms with van der Waals surface area (Å²) in [6, 6.07) is 1.83. The highest BCUT2D eigenvalue weighted by atomic mass is 79.9. The van der Waals surface area contributed by atoms with Gasteiger partial charge in [-0.2, -0.15) is 0 Å². The molecule has 18 heavy (non-hydrogen) atoms. The fraction of sp³-hybridized carbons (Fsp3) is 0.500. The summed E-state index contributed by atoms with van der Waals surface area (Å²) in [5.41, 5.74) is -0.238. The van der Waals surface area contributed by atoms with Gasteiger partial charge in [0.25, 0.3) is 5.91 Å². The van der Waals surface area contributed by atoms with E-state index in [9.17, 15) is 9.59 Å². The van der Waals surface area contributed by atoms with Gasteiger partial charge in [-0.15, -0.1) is 11.3 Å². The van der Waals surface area contributed by atoms with Gasteiger partial charge in [-0.05, 0) is 48.1 Å². The first-order chi connectivity index (χ1) is 8.29. The molecule has 0 aliphatic heterocycles. The van der Waals surface area contributed by atoms with Crippen molar-refractivity contribution >= 4 is 39.1 Å². The van der Waals surface area contributed by atoms with Crippen LogP contribution in [0.25, 0.3) is 0 Å². The molecule has 1 heterocycles. The maximum Gasteiger partial charge on any atom is 0.262 e. The molecule has 0 radical (unpaired) electrons. The summed E-state index contributed by atoms with van der Waals surface area (Å²) in [5, 5.41) is 7.40. The SMILES string of the molecule is CC(C)(C)NC(=O)CCNC(=O)c1sccc1Br. The molecule has 0 unspecified atom stereocenters. The van der Waals surface area contributed by atoms with Gasteiger partial charge in [0, 0.05) is 23.0 Å². The van der Waals surface area contributed by atoms with Crippen LogP contribution in [-0.2, 0) is 4.79 Å². The molecule has 1 aromatic heterocycles. The minimum absolute atomic E-state index is 0.0620. The molecule has 2 N–H and O–H groups in total. The van der Waals surface area contributed by atoms with E-state index >= 15 is 0 Å². The standard InChI is InChI=1S/C12H17BrN2O2S/c1-12(2,3)15-9(16)4-6-14-11(17)10-8(13)5-7-18-10/h5,7H,4,6H2,1-3H3,(H,14,17)(H,15,16). The number of thiophene rings is 1. The molecule has 0 saturated heterocycles. The zero-order chi connectivity index (χ0) is 13.8. The molecule has 0 atom stereocenters. The van der Waals surface area contributed by atoms with Gasteiger partial charge in [0.1, 0.15) is 4.88 Å². The lowest BCUT2D eigenvalue weighted by molar-refractivity contribution is -0.122. The van der Waals surface area contributed by atoms with Crippen molar-refractivity contribution in [3.8, 4) is 0 Å². The summed E-state index contributed by atoms with van der Waals surface area (Å²) in [6.07, 6.45) is 0.284. The Morgan fingerprint density at radius 1 is 1.39 bits per heavy atom. The summed E-state index contributed by atoms with van der Waals surface area (Å²) >= 11 is 4.66. The number of rotatable bonds is 4. The summed E-state index contributed by atoms with van der Waals surface area (Å²) in [4.78, 5) is 23.9. The second-order valence-electron chi connectivity index (χ2n) is 4.90. The van der Waals surface area contributed by atoms with E-state index in [2.05, 4.69) is 26.6 Å². The van der Waals surface area contributed by atoms with Crippen LogP contribution in [0.15, 0.2) is 15.9 Å². The highest BCUT2D eigenvalue weighted by Crippen LogP contribution is 2.22. The monoisotopic (exact) mass is 332 g/mol. The second-order valence-corrected chi connectivity index (χ2v) is 6.67. The average Bonchev–Trinajstić information content (AvgIpc) is 2.61. The molecule has 0 bridgehead atoms. The molecule has 0 saturated carbocycles. The van der Waals surface area contributed by atoms with Crippen molar-refractivity contribution < 1.29 is 9.59 Å². The van der Waals surface area contributed by atoms with Crippen molar-refractivity contribution in [1.82, 2.24) is 10.6 Å². The quantitative estimate of drug-likeness (QED) is 0.890. The number of hydrogen-bond acceptors (Lipinski definition) is 3. The Bertz CT molecular complexity index is 438. The summed E-state index contributed by atoms with van der Waals surface area (Å²) in [5.74, 6) is -0.214. The van der Waals surface area contributed by atoms with Crippen LogP contribution >= 0.6 is 27.3 Å². The Balaban J connectivity index is 2.33. The fourth-order valence-corrected chi connectivity index (χ4v) is 2.77. The molecule has 0 aliphatic carbocycles. The molecule has 0 aliphatic rings. The molecular formula is C12H17BrN2O2S. The van der Waals surface area contributed by atoms with E-state index in [1.165, 1.54) is 11.3 Å². The highest BCUT2D eigenvalue weighted by molar-refractivity contribution is 9.10. The Labute approximate surface area is 119 Å². The molecule has 100 valence electrons. The topological polar surface area (TPSA) is 58.2 Å². The number of carbonyl (C=O) groups is 2. The van der Waals surface area contributed by atoms with E-state index in [0.29, 0.717) is 11.4 Å². The third-order valence-corrected chi connectivity index (χ3v) is 3.81. The van der Waals surface area contributed by atoms with Crippen LogP contribution in [0.2, 0.25) is 0 Å². The van der Waals surface area contributed by atoms with Crippen molar-refractivity contribution in [2.24, 2.45) is 0 Å². The van der Waals surface area contributed by atoms with Crippen LogP contribution in [0, 0.1) is 0 Å². The molecule has 6 heteroatoms. The van der Waals surface area contributed by atoms with Crippen LogP contribution in [-0.4, -0.2) is 23.9 Å². The van der Waals surface area contributed by atoms with Gasteiger partial charge in [0.05, 0.1) is 0 Å². The van der Waals surface area contributed by atoms with Crippen LogP contribution in [0.4, 0.5) is 0 Å². The van der Waals surface area contributed by atoms with Crippen molar-refractivity contribution in [2.45, 2.75) is 32.7 Å². The van der Waals surface area contributed by atoms with E-state index in [1.807, 2.05) is 32.2 Å². The third kappa shape index (κ3) is 5.18. The van der Waals surface area contributed by atoms with Crippen molar-refractivity contribution in [3.05, 3.63) is 20.8 Å². The van der Waals surface area contributed by atoms with Crippen molar-refractivity contribution in [1.29, 1.82) is 0 Å². The largest absolute Gasteiger partial charge is 0.351 e. The van der Waals surface area contributed by atoms with Gasteiger partial charge in [0.2, 0.25) is 5.91 Å². The van der Waals surface area contributed by atoms with E-state index < -0.39 is 0 Å². The lowest BCUT2D eigenvalue weighted by Crippen LogP contribution is -2.41. The molecule has 0 aromatic carbocycles. The number of hydrogen-bond donors (Lipinski definition) is 2. The van der Waals surface area contributed by atoms with E-state index in [0.717, 1.165) is 4.47 Å². The van der Waals surface area contributed by atoms with Crippen LogP contribution in [0.5, 0.6) is 0 Å². The summed E-state index contributed by atoms with van der Waals surface area (Å²) in [7, 11) is 0. The number of carbonyl (C=O) groups excluding carboxylic acids is 2. The van der Waals surface area contributed by atoms with E-state index in [-0.39, 0.29) is 23.8 Å². The molecule has 4 nitrogen and oxygen atoms in total. The van der Waals surface area contributed by atoms with Crippen LogP contribution in [0.1, 0.15) is 36.9 Å². The van der Waals surface area contributed by atoms with Gasteiger partial charge in [-0.25, -0.2) is 0 Å². The highest BCUT2D eigenvalue weighted by Gasteiger charge is 2.14. The lowest BCUT2D eigenvalue weighted by Gasteiger charge is -2.20. The van der Waals surface area contributed by atoms with Gasteiger partial charge in [-0.1, -0.05) is 0 Å². The molecule has 0 fully saturated rings. The third-order valence-electron chi connectivity index (χ3n) is 1.98. The first-order valence-corrected chi connectivity index (χ1v) is 7.29. The number of halogens is 1. The normalized spacial score (nSPS) is 11.1. The molecular weight excluding hydrogens is 316 g/mol. The van der Waals surface area contributed by atoms with Crippen LogP contribution in [0.3, 0.4) is 0 Å². The van der Waals surface area contributed by atoms with Crippen molar-refractivity contribution in [3.63, 3.8) is 0 Å². The predicted molar refractivity (Wildman–Crippen MR) is 76.9 cm³/mol. The lowest BCUT2D eigenvalue weighted by atomic mass is 10.1. The van der Waals surface area contributed by atoms with E-state index in [1.54, 1.807) is 0 Å². The Kier molecular flexibility index (Phi) is 5.34. The fourth-order valence-electron chi connectivity index (χ4n) is 1.31. The van der Waals surface area contributed by atoms with Crippen LogP contribution < -0.4 is 10.6 Å². The first kappa shape index (κ1) is 15.2. The maximum atomic E-state index is 11.7. The van der Waals surface area contributed by atoms with E-state index in [4.69, 9.17) is 0 Å². The zero-order valence-corrected chi connectivity index (χ0v) is 13.1. The summed E-state index contributed by atoms with van der Waals surface area (Å²) < 4.78 is 0.782. The molecule has 1 aromatic rings. The number of amides is 2. The summed E-state index contributed by atoms with van der Waals surface area (Å²) in [6.45, 7) is 6.11. The molecule has 1 rings (SSSR count). The van der Waals surface area contributed by atoms with Gasteiger partial charge in [-0.3, -0.25) is 9.59 Å². The second kappa shape index (κ2) is 6.33. The van der Waals surface area contributed by atoms with Gasteiger partial charge >= 0.3 is 0 Å². The predicted octanol–water partition coefficient (Wildman–Crippen LogP) is 2.55. The molecule has 0 spiro atoms. The first-order valence-electron chi connectivity index (χ1n) is 5.62. The van der Waals surface area contributed by atoms with Gasteiger partial charge in [0.15, 0.2) is 0 Å². The average molecular weight is 333 g/mol. The smallest absolute Gasteiger partial charge is 0.262 e. The van der Waals surface area contributed by atoms with Gasteiger partial charge < -0.3 is 10.6 Å². The number of nitrogens with one attached hydrogen (secondary N) is 2. The minimum atomic E-state index is -0.238. The Morgan fingerprint density at radius 3 is 2.56 bits per heavy atom. The maximum absolute atomic E-state index is 11.7. The molecule has 2 amide bonds. The zero-order valence-electron chi connectivity index (χ0n) is 10.7.